The van der Waals surface area contributed by atoms with E-state index >= 15 is 0 Å². The number of aliphatic hydroxyl groups excluding tert-OH is 1. The maximum Gasteiger partial charge on any atom is 0.418 e. The number of benzene rings is 2. The van der Waals surface area contributed by atoms with Crippen LogP contribution in [0.4, 0.5) is 18.9 Å². The molecule has 0 aliphatic carbocycles. The number of halogens is 3. The van der Waals surface area contributed by atoms with E-state index in [1.807, 2.05) is 6.92 Å². The second-order valence-corrected chi connectivity index (χ2v) is 7.58. The third-order valence-corrected chi connectivity index (χ3v) is 5.41. The van der Waals surface area contributed by atoms with E-state index < -0.39 is 11.7 Å². The Morgan fingerprint density at radius 2 is 1.90 bits per heavy atom. The summed E-state index contributed by atoms with van der Waals surface area (Å²) in [5.74, 6) is 0.322. The number of likely N-dealkylation sites (tertiary alicyclic amines) is 1. The lowest BCUT2D eigenvalue weighted by molar-refractivity contribution is -0.137. The van der Waals surface area contributed by atoms with Gasteiger partial charge >= 0.3 is 6.18 Å². The number of alkyl halides is 3. The first-order chi connectivity index (χ1) is 14.8. The largest absolute Gasteiger partial charge is 0.484 e. The Labute approximate surface area is 180 Å². The molecule has 1 atom stereocenters. The molecule has 5 nitrogen and oxygen atoms in total. The molecule has 1 amide bonds. The van der Waals surface area contributed by atoms with Crippen LogP contribution in [-0.4, -0.2) is 48.2 Å². The third-order valence-electron chi connectivity index (χ3n) is 5.41. The van der Waals surface area contributed by atoms with Gasteiger partial charge in [-0.25, -0.2) is 0 Å². The van der Waals surface area contributed by atoms with E-state index in [9.17, 15) is 18.0 Å². The number of ether oxygens (including phenoxy) is 1. The summed E-state index contributed by atoms with van der Waals surface area (Å²) in [7, 11) is 0. The smallest absolute Gasteiger partial charge is 0.418 e. The Balaban J connectivity index is 1.65. The van der Waals surface area contributed by atoms with Crippen LogP contribution in [0.15, 0.2) is 48.5 Å². The van der Waals surface area contributed by atoms with Crippen molar-refractivity contribution >= 4 is 11.6 Å². The molecule has 1 fully saturated rings. The van der Waals surface area contributed by atoms with Crippen LogP contribution in [-0.2, 0) is 17.6 Å². The number of carbonyl (C=O) groups is 1. The van der Waals surface area contributed by atoms with Crippen molar-refractivity contribution < 1.29 is 27.8 Å². The molecular formula is C23H27F3N2O3. The van der Waals surface area contributed by atoms with Crippen molar-refractivity contribution in [3.8, 4) is 5.75 Å². The zero-order valence-corrected chi connectivity index (χ0v) is 17.4. The molecule has 0 saturated carbocycles. The SMILES string of the molecule is CCCN(c1ccccc1C(F)(F)F)C1CCN(C(=O)COc2ccc(CO)cc2)C1. The second kappa shape index (κ2) is 10.0. The number of rotatable bonds is 8. The predicted molar refractivity (Wildman–Crippen MR) is 112 cm³/mol. The molecule has 1 unspecified atom stereocenters. The van der Waals surface area contributed by atoms with Gasteiger partial charge < -0.3 is 19.6 Å². The van der Waals surface area contributed by atoms with Crippen LogP contribution in [0.3, 0.4) is 0 Å². The fraction of sp³-hybridized carbons (Fsp3) is 0.435. The molecule has 0 radical (unpaired) electrons. The Morgan fingerprint density at radius 3 is 2.55 bits per heavy atom. The van der Waals surface area contributed by atoms with Crippen LogP contribution in [0, 0.1) is 0 Å². The van der Waals surface area contributed by atoms with Crippen molar-refractivity contribution in [2.24, 2.45) is 0 Å². The van der Waals surface area contributed by atoms with Gasteiger partial charge in [0.15, 0.2) is 6.61 Å². The molecule has 0 spiro atoms. The van der Waals surface area contributed by atoms with E-state index in [-0.39, 0.29) is 30.9 Å². The molecule has 1 aliphatic heterocycles. The van der Waals surface area contributed by atoms with Crippen molar-refractivity contribution in [2.45, 2.75) is 38.6 Å². The molecule has 1 heterocycles. The minimum Gasteiger partial charge on any atom is -0.484 e. The van der Waals surface area contributed by atoms with Gasteiger partial charge in [-0.2, -0.15) is 13.2 Å². The van der Waals surface area contributed by atoms with E-state index in [1.165, 1.54) is 12.1 Å². The first kappa shape index (κ1) is 22.9. The van der Waals surface area contributed by atoms with Crippen molar-refractivity contribution in [3.05, 3.63) is 59.7 Å². The monoisotopic (exact) mass is 436 g/mol. The number of nitrogens with zero attached hydrogens (tertiary/aromatic N) is 2. The average Bonchev–Trinajstić information content (AvgIpc) is 3.25. The molecule has 1 saturated heterocycles. The summed E-state index contributed by atoms with van der Waals surface area (Å²) in [6, 6.07) is 12.2. The Bertz CT molecular complexity index is 871. The lowest BCUT2D eigenvalue weighted by atomic mass is 10.1. The molecule has 0 bridgehead atoms. The van der Waals surface area contributed by atoms with Gasteiger partial charge in [-0.05, 0) is 42.7 Å². The summed E-state index contributed by atoms with van der Waals surface area (Å²) < 4.78 is 46.1. The van der Waals surface area contributed by atoms with Crippen LogP contribution >= 0.6 is 0 Å². The number of carbonyl (C=O) groups excluding carboxylic acids is 1. The lowest BCUT2D eigenvalue weighted by Crippen LogP contribution is -2.41. The molecule has 0 aromatic heterocycles. The van der Waals surface area contributed by atoms with Gasteiger partial charge in [0.1, 0.15) is 5.75 Å². The van der Waals surface area contributed by atoms with Gasteiger partial charge in [-0.1, -0.05) is 31.2 Å². The van der Waals surface area contributed by atoms with Crippen LogP contribution in [0.5, 0.6) is 5.75 Å². The van der Waals surface area contributed by atoms with E-state index in [0.717, 1.165) is 11.6 Å². The van der Waals surface area contributed by atoms with E-state index in [1.54, 1.807) is 40.1 Å². The highest BCUT2D eigenvalue weighted by molar-refractivity contribution is 5.78. The molecule has 1 N–H and O–H groups in total. The zero-order chi connectivity index (χ0) is 22.4. The number of anilines is 1. The van der Waals surface area contributed by atoms with Gasteiger partial charge in [0.25, 0.3) is 5.91 Å². The first-order valence-corrected chi connectivity index (χ1v) is 10.4. The maximum atomic E-state index is 13.5. The fourth-order valence-electron chi connectivity index (χ4n) is 3.85. The molecule has 2 aromatic carbocycles. The highest BCUT2D eigenvalue weighted by atomic mass is 19.4. The van der Waals surface area contributed by atoms with E-state index in [4.69, 9.17) is 9.84 Å². The summed E-state index contributed by atoms with van der Waals surface area (Å²) in [5.41, 5.74) is 0.260. The van der Waals surface area contributed by atoms with Crippen LogP contribution < -0.4 is 9.64 Å². The molecule has 2 aromatic rings. The van der Waals surface area contributed by atoms with Crippen LogP contribution in [0.25, 0.3) is 0 Å². The van der Waals surface area contributed by atoms with Gasteiger partial charge in [0, 0.05) is 31.4 Å². The van der Waals surface area contributed by atoms with Crippen LogP contribution in [0.2, 0.25) is 0 Å². The summed E-state index contributed by atoms with van der Waals surface area (Å²) in [5, 5.41) is 9.07. The van der Waals surface area contributed by atoms with Crippen molar-refractivity contribution in [2.75, 3.05) is 31.1 Å². The molecule has 3 rings (SSSR count). The standard InChI is InChI=1S/C23H27F3N2O3/c1-2-12-28(21-6-4-3-5-20(21)23(24,25)26)18-11-13-27(14-18)22(30)16-31-19-9-7-17(15-29)8-10-19/h3-10,18,29H,2,11-16H2,1H3. The van der Waals surface area contributed by atoms with Crippen molar-refractivity contribution in [1.29, 1.82) is 0 Å². The lowest BCUT2D eigenvalue weighted by Gasteiger charge is -2.33. The minimum absolute atomic E-state index is 0.0693. The highest BCUT2D eigenvalue weighted by Crippen LogP contribution is 2.38. The first-order valence-electron chi connectivity index (χ1n) is 10.4. The molecular weight excluding hydrogens is 409 g/mol. The third kappa shape index (κ3) is 5.70. The predicted octanol–water partition coefficient (Wildman–Crippen LogP) is 4.09. The topological polar surface area (TPSA) is 53.0 Å². The van der Waals surface area contributed by atoms with E-state index in [0.29, 0.717) is 38.2 Å². The molecule has 31 heavy (non-hydrogen) atoms. The summed E-state index contributed by atoms with van der Waals surface area (Å²) >= 11 is 0. The highest BCUT2D eigenvalue weighted by Gasteiger charge is 2.37. The zero-order valence-electron chi connectivity index (χ0n) is 17.4. The second-order valence-electron chi connectivity index (χ2n) is 7.58. The summed E-state index contributed by atoms with van der Waals surface area (Å²) in [4.78, 5) is 16.0. The van der Waals surface area contributed by atoms with E-state index in [2.05, 4.69) is 0 Å². The van der Waals surface area contributed by atoms with Gasteiger partial charge in [0.2, 0.25) is 0 Å². The number of aliphatic hydroxyl groups is 1. The fourth-order valence-corrected chi connectivity index (χ4v) is 3.85. The molecule has 168 valence electrons. The maximum absolute atomic E-state index is 13.5. The average molecular weight is 436 g/mol. The number of hydrogen-bond acceptors (Lipinski definition) is 4. The summed E-state index contributed by atoms with van der Waals surface area (Å²) in [6.45, 7) is 3.03. The van der Waals surface area contributed by atoms with Crippen molar-refractivity contribution in [1.82, 2.24) is 4.90 Å². The minimum atomic E-state index is -4.43. The number of para-hydroxylation sites is 1. The number of amides is 1. The Morgan fingerprint density at radius 1 is 1.19 bits per heavy atom. The van der Waals surface area contributed by atoms with Gasteiger partial charge in [-0.3, -0.25) is 4.79 Å². The molecule has 8 heteroatoms. The normalized spacial score (nSPS) is 16.4. The van der Waals surface area contributed by atoms with Crippen molar-refractivity contribution in [3.63, 3.8) is 0 Å². The number of hydrogen-bond donors (Lipinski definition) is 1. The Kier molecular flexibility index (Phi) is 7.43. The Hall–Kier alpha value is -2.74. The quantitative estimate of drug-likeness (QED) is 0.677. The summed E-state index contributed by atoms with van der Waals surface area (Å²) in [6.07, 6.45) is -3.14. The molecule has 1 aliphatic rings. The van der Waals surface area contributed by atoms with Gasteiger partial charge in [-0.15, -0.1) is 0 Å². The van der Waals surface area contributed by atoms with Crippen LogP contribution in [0.1, 0.15) is 30.9 Å². The van der Waals surface area contributed by atoms with Gasteiger partial charge in [0.05, 0.1) is 12.2 Å².